The molecule has 134 valence electrons. The monoisotopic (exact) mass is 399 g/mol. The van der Waals surface area contributed by atoms with Gasteiger partial charge in [-0.05, 0) is 31.5 Å². The van der Waals surface area contributed by atoms with Gasteiger partial charge in [0, 0.05) is 28.8 Å². The van der Waals surface area contributed by atoms with Crippen LogP contribution in [0, 0.1) is 5.41 Å². The average Bonchev–Trinajstić information content (AvgIpc) is 2.95. The number of hydrogen-bond donors (Lipinski definition) is 1. The molecule has 0 radical (unpaired) electrons. The molecule has 1 heterocycles. The molecule has 1 unspecified atom stereocenters. The van der Waals surface area contributed by atoms with E-state index < -0.39 is 11.4 Å². The molecule has 1 N–H and O–H groups in total. The fraction of sp³-hybridized carbons (Fsp3) is 0.389. The molecule has 2 aromatic rings. The van der Waals surface area contributed by atoms with Crippen LogP contribution in [-0.4, -0.2) is 21.8 Å². The fourth-order valence-corrected chi connectivity index (χ4v) is 4.11. The number of halogens is 2. The van der Waals surface area contributed by atoms with Gasteiger partial charge in [0.1, 0.15) is 10.8 Å². The van der Waals surface area contributed by atoms with Crippen LogP contribution in [0.5, 0.6) is 0 Å². The second kappa shape index (κ2) is 8.30. The van der Waals surface area contributed by atoms with Crippen molar-refractivity contribution in [2.75, 3.05) is 0 Å². The average molecular weight is 400 g/mol. The normalized spacial score (nSPS) is 13.4. The SMILES string of the molecule is CCCC(C)(CC(=O)Cc1csc(-c2ccc(Cl)cc2Cl)n1)C(=O)O. The molecule has 0 amide bonds. The van der Waals surface area contributed by atoms with Crippen molar-refractivity contribution in [3.63, 3.8) is 0 Å². The van der Waals surface area contributed by atoms with Gasteiger partial charge in [0.05, 0.1) is 16.1 Å². The first kappa shape index (κ1) is 19.9. The van der Waals surface area contributed by atoms with Crippen molar-refractivity contribution in [2.24, 2.45) is 5.41 Å². The van der Waals surface area contributed by atoms with E-state index in [-0.39, 0.29) is 18.6 Å². The lowest BCUT2D eigenvalue weighted by atomic mass is 9.80. The zero-order valence-electron chi connectivity index (χ0n) is 14.0. The quantitative estimate of drug-likeness (QED) is 0.635. The molecule has 1 atom stereocenters. The summed E-state index contributed by atoms with van der Waals surface area (Å²) in [5.41, 5.74) is 0.362. The number of ketones is 1. The summed E-state index contributed by atoms with van der Waals surface area (Å²) in [6, 6.07) is 5.17. The van der Waals surface area contributed by atoms with Gasteiger partial charge in [0.15, 0.2) is 0 Å². The molecule has 1 aromatic heterocycles. The van der Waals surface area contributed by atoms with E-state index in [0.717, 1.165) is 5.56 Å². The summed E-state index contributed by atoms with van der Waals surface area (Å²) in [5, 5.41) is 12.9. The number of carboxylic acid groups (broad SMARTS) is 1. The van der Waals surface area contributed by atoms with Gasteiger partial charge in [0.25, 0.3) is 0 Å². The van der Waals surface area contributed by atoms with E-state index in [4.69, 9.17) is 23.2 Å². The number of nitrogens with zero attached hydrogens (tertiary/aromatic N) is 1. The van der Waals surface area contributed by atoms with Gasteiger partial charge in [-0.25, -0.2) is 4.98 Å². The molecule has 1 aromatic carbocycles. The molecule has 0 aliphatic heterocycles. The minimum Gasteiger partial charge on any atom is -0.481 e. The third-order valence-electron chi connectivity index (χ3n) is 4.00. The van der Waals surface area contributed by atoms with E-state index in [9.17, 15) is 14.7 Å². The largest absolute Gasteiger partial charge is 0.481 e. The molecular weight excluding hydrogens is 381 g/mol. The van der Waals surface area contributed by atoms with E-state index in [1.54, 1.807) is 30.5 Å². The van der Waals surface area contributed by atoms with Crippen LogP contribution in [0.3, 0.4) is 0 Å². The number of rotatable bonds is 8. The Morgan fingerprint density at radius 2 is 2.04 bits per heavy atom. The van der Waals surface area contributed by atoms with Gasteiger partial charge in [-0.1, -0.05) is 36.5 Å². The van der Waals surface area contributed by atoms with Gasteiger partial charge >= 0.3 is 5.97 Å². The summed E-state index contributed by atoms with van der Waals surface area (Å²) >= 11 is 13.5. The van der Waals surface area contributed by atoms with E-state index in [0.29, 0.717) is 33.6 Å². The number of aliphatic carboxylic acids is 1. The number of hydrogen-bond acceptors (Lipinski definition) is 4. The zero-order valence-corrected chi connectivity index (χ0v) is 16.3. The Bertz CT molecular complexity index is 790. The summed E-state index contributed by atoms with van der Waals surface area (Å²) in [5.74, 6) is -1.06. The van der Waals surface area contributed by atoms with Crippen molar-refractivity contribution >= 4 is 46.3 Å². The maximum absolute atomic E-state index is 12.3. The Morgan fingerprint density at radius 1 is 1.32 bits per heavy atom. The van der Waals surface area contributed by atoms with Crippen LogP contribution >= 0.6 is 34.5 Å². The number of carbonyl (C=O) groups is 2. The molecule has 0 bridgehead atoms. The first-order chi connectivity index (χ1) is 11.7. The second-order valence-corrected chi connectivity index (χ2v) is 7.98. The van der Waals surface area contributed by atoms with Crippen LogP contribution in [-0.2, 0) is 16.0 Å². The van der Waals surface area contributed by atoms with Gasteiger partial charge in [-0.3, -0.25) is 9.59 Å². The van der Waals surface area contributed by atoms with Crippen LogP contribution in [0.25, 0.3) is 10.6 Å². The minimum absolute atomic E-state index is 0.00470. The summed E-state index contributed by atoms with van der Waals surface area (Å²) in [4.78, 5) is 28.2. The maximum atomic E-state index is 12.3. The number of carbonyl (C=O) groups excluding carboxylic acids is 1. The number of aromatic nitrogens is 1. The fourth-order valence-electron chi connectivity index (χ4n) is 2.70. The lowest BCUT2D eigenvalue weighted by Gasteiger charge is -2.23. The van der Waals surface area contributed by atoms with Gasteiger partial charge in [0.2, 0.25) is 0 Å². The Kier molecular flexibility index (Phi) is 6.60. The first-order valence-electron chi connectivity index (χ1n) is 7.90. The standard InChI is InChI=1S/C18H19Cl2NO3S/c1-3-6-18(2,17(23)24)9-13(22)8-12-10-25-16(21-12)14-5-4-11(19)7-15(14)20/h4-5,7,10H,3,6,8-9H2,1-2H3,(H,23,24). The highest BCUT2D eigenvalue weighted by atomic mass is 35.5. The van der Waals surface area contributed by atoms with Crippen molar-refractivity contribution in [3.8, 4) is 10.6 Å². The number of thiazole rings is 1. The highest BCUT2D eigenvalue weighted by molar-refractivity contribution is 7.13. The number of carboxylic acids is 1. The predicted octanol–water partition coefficient (Wildman–Crippen LogP) is 5.51. The molecule has 25 heavy (non-hydrogen) atoms. The van der Waals surface area contributed by atoms with Gasteiger partial charge in [-0.2, -0.15) is 0 Å². The van der Waals surface area contributed by atoms with Crippen molar-refractivity contribution < 1.29 is 14.7 Å². The van der Waals surface area contributed by atoms with Crippen LogP contribution in [0.15, 0.2) is 23.6 Å². The van der Waals surface area contributed by atoms with Crippen LogP contribution in [0.1, 0.15) is 38.8 Å². The molecule has 4 nitrogen and oxygen atoms in total. The zero-order chi connectivity index (χ0) is 18.6. The number of Topliss-reactive ketones (excluding diaryl/α,β-unsaturated/α-hetero) is 1. The molecule has 0 saturated carbocycles. The Morgan fingerprint density at radius 3 is 2.64 bits per heavy atom. The van der Waals surface area contributed by atoms with E-state index in [1.165, 1.54) is 11.3 Å². The molecule has 2 rings (SSSR count). The smallest absolute Gasteiger partial charge is 0.309 e. The Balaban J connectivity index is 2.10. The summed E-state index contributed by atoms with van der Waals surface area (Å²) < 4.78 is 0. The Labute approximate surface area is 160 Å². The lowest BCUT2D eigenvalue weighted by molar-refractivity contribution is -0.150. The van der Waals surface area contributed by atoms with Crippen molar-refractivity contribution in [2.45, 2.75) is 39.5 Å². The van der Waals surface area contributed by atoms with Gasteiger partial charge < -0.3 is 5.11 Å². The Hall–Kier alpha value is -1.43. The third-order valence-corrected chi connectivity index (χ3v) is 5.47. The van der Waals surface area contributed by atoms with Crippen LogP contribution in [0.2, 0.25) is 10.0 Å². The van der Waals surface area contributed by atoms with Crippen molar-refractivity contribution in [1.82, 2.24) is 4.98 Å². The van der Waals surface area contributed by atoms with Crippen LogP contribution in [0.4, 0.5) is 0 Å². The predicted molar refractivity (Wildman–Crippen MR) is 102 cm³/mol. The maximum Gasteiger partial charge on any atom is 0.309 e. The van der Waals surface area contributed by atoms with Gasteiger partial charge in [-0.15, -0.1) is 11.3 Å². The summed E-state index contributed by atoms with van der Waals surface area (Å²) in [6.07, 6.45) is 1.31. The molecule has 0 saturated heterocycles. The van der Waals surface area contributed by atoms with E-state index in [2.05, 4.69) is 4.98 Å². The first-order valence-corrected chi connectivity index (χ1v) is 9.53. The molecule has 0 aliphatic carbocycles. The molecule has 0 fully saturated rings. The topological polar surface area (TPSA) is 67.3 Å². The molecular formula is C18H19Cl2NO3S. The van der Waals surface area contributed by atoms with E-state index in [1.807, 2.05) is 6.92 Å². The lowest BCUT2D eigenvalue weighted by Crippen LogP contribution is -2.30. The highest BCUT2D eigenvalue weighted by Crippen LogP contribution is 2.33. The third kappa shape index (κ3) is 5.03. The molecule has 0 spiro atoms. The van der Waals surface area contributed by atoms with Crippen LogP contribution < -0.4 is 0 Å². The summed E-state index contributed by atoms with van der Waals surface area (Å²) in [6.45, 7) is 3.53. The number of benzene rings is 1. The molecule has 7 heteroatoms. The minimum atomic E-state index is -1.02. The highest BCUT2D eigenvalue weighted by Gasteiger charge is 2.34. The molecule has 0 aliphatic rings. The second-order valence-electron chi connectivity index (χ2n) is 6.28. The van der Waals surface area contributed by atoms with E-state index >= 15 is 0 Å². The van der Waals surface area contributed by atoms with Crippen molar-refractivity contribution in [3.05, 3.63) is 39.3 Å². The van der Waals surface area contributed by atoms with Crippen molar-refractivity contribution in [1.29, 1.82) is 0 Å². The summed E-state index contributed by atoms with van der Waals surface area (Å²) in [7, 11) is 0.